The molecule has 2 nitrogen and oxygen atoms in total. The third-order valence-corrected chi connectivity index (χ3v) is 4.71. The van der Waals surface area contributed by atoms with Gasteiger partial charge in [0.05, 0.1) is 0 Å². The molecule has 0 spiro atoms. The Balaban J connectivity index is 1.70. The molecule has 2 heteroatoms. The summed E-state index contributed by atoms with van der Waals surface area (Å²) in [6.07, 6.45) is 5.85. The zero-order valence-electron chi connectivity index (χ0n) is 12.6. The topological polar surface area (TPSA) is 32.3 Å². The summed E-state index contributed by atoms with van der Waals surface area (Å²) in [7, 11) is 0. The zero-order valence-corrected chi connectivity index (χ0v) is 12.6. The SMILES string of the molecule is OCCCCNC1CCCC1c1ccc2ccccc2c1. The summed E-state index contributed by atoms with van der Waals surface area (Å²) < 4.78 is 0. The highest BCUT2D eigenvalue weighted by molar-refractivity contribution is 5.83. The van der Waals surface area contributed by atoms with Crippen LogP contribution in [0.5, 0.6) is 0 Å². The van der Waals surface area contributed by atoms with Crippen molar-refractivity contribution in [1.82, 2.24) is 5.32 Å². The summed E-state index contributed by atoms with van der Waals surface area (Å²) >= 11 is 0. The van der Waals surface area contributed by atoms with Gasteiger partial charge in [-0.3, -0.25) is 0 Å². The van der Waals surface area contributed by atoms with Crippen molar-refractivity contribution in [3.63, 3.8) is 0 Å². The summed E-state index contributed by atoms with van der Waals surface area (Å²) in [6.45, 7) is 1.33. The van der Waals surface area contributed by atoms with Crippen molar-refractivity contribution >= 4 is 10.8 Å². The lowest BCUT2D eigenvalue weighted by Crippen LogP contribution is -2.32. The maximum Gasteiger partial charge on any atom is 0.0431 e. The van der Waals surface area contributed by atoms with Gasteiger partial charge < -0.3 is 10.4 Å². The molecule has 112 valence electrons. The average Bonchev–Trinajstić information content (AvgIpc) is 2.99. The molecule has 2 aromatic rings. The maximum atomic E-state index is 8.86. The summed E-state index contributed by atoms with van der Waals surface area (Å²) in [5.74, 6) is 0.642. The van der Waals surface area contributed by atoms with E-state index < -0.39 is 0 Å². The third-order valence-electron chi connectivity index (χ3n) is 4.71. The second kappa shape index (κ2) is 7.06. The monoisotopic (exact) mass is 283 g/mol. The second-order valence-electron chi connectivity index (χ2n) is 6.14. The number of aliphatic hydroxyl groups excluding tert-OH is 1. The fraction of sp³-hybridized carbons (Fsp3) is 0.474. The number of unbranched alkanes of at least 4 members (excludes halogenated alkanes) is 1. The molecular weight excluding hydrogens is 258 g/mol. The average molecular weight is 283 g/mol. The molecule has 2 N–H and O–H groups in total. The van der Waals surface area contributed by atoms with E-state index >= 15 is 0 Å². The van der Waals surface area contributed by atoms with Crippen LogP contribution in [0.25, 0.3) is 10.8 Å². The lowest BCUT2D eigenvalue weighted by atomic mass is 9.92. The summed E-state index contributed by atoms with van der Waals surface area (Å²) in [4.78, 5) is 0. The van der Waals surface area contributed by atoms with Gasteiger partial charge in [0.1, 0.15) is 0 Å². The number of fused-ring (bicyclic) bond motifs is 1. The molecule has 3 rings (SSSR count). The molecule has 1 aliphatic carbocycles. The highest BCUT2D eigenvalue weighted by Gasteiger charge is 2.27. The largest absolute Gasteiger partial charge is 0.396 e. The third kappa shape index (κ3) is 3.45. The van der Waals surface area contributed by atoms with Gasteiger partial charge >= 0.3 is 0 Å². The molecule has 2 aromatic carbocycles. The Morgan fingerprint density at radius 3 is 2.71 bits per heavy atom. The Labute approximate surface area is 127 Å². The van der Waals surface area contributed by atoms with Crippen LogP contribution in [0.1, 0.15) is 43.6 Å². The van der Waals surface area contributed by atoms with E-state index in [-0.39, 0.29) is 0 Å². The van der Waals surface area contributed by atoms with Crippen molar-refractivity contribution in [1.29, 1.82) is 0 Å². The van der Waals surface area contributed by atoms with Gasteiger partial charge in [0, 0.05) is 12.6 Å². The Hall–Kier alpha value is -1.38. The van der Waals surface area contributed by atoms with Crippen molar-refractivity contribution in [3.05, 3.63) is 48.0 Å². The first-order valence-electron chi connectivity index (χ1n) is 8.21. The number of benzene rings is 2. The van der Waals surface area contributed by atoms with Crippen LogP contribution in [0.15, 0.2) is 42.5 Å². The van der Waals surface area contributed by atoms with Crippen molar-refractivity contribution in [2.75, 3.05) is 13.2 Å². The summed E-state index contributed by atoms with van der Waals surface area (Å²) in [6, 6.07) is 16.1. The van der Waals surface area contributed by atoms with Crippen LogP contribution in [0.4, 0.5) is 0 Å². The van der Waals surface area contributed by atoms with E-state index in [4.69, 9.17) is 5.11 Å². The van der Waals surface area contributed by atoms with Gasteiger partial charge in [-0.25, -0.2) is 0 Å². The van der Waals surface area contributed by atoms with Crippen LogP contribution in [-0.4, -0.2) is 24.3 Å². The summed E-state index contributed by atoms with van der Waals surface area (Å²) in [5.41, 5.74) is 1.48. The van der Waals surface area contributed by atoms with E-state index in [0.29, 0.717) is 18.6 Å². The van der Waals surface area contributed by atoms with Gasteiger partial charge in [-0.1, -0.05) is 48.9 Å². The molecule has 0 aliphatic heterocycles. The fourth-order valence-corrected chi connectivity index (χ4v) is 3.57. The molecule has 21 heavy (non-hydrogen) atoms. The highest BCUT2D eigenvalue weighted by Crippen LogP contribution is 2.35. The van der Waals surface area contributed by atoms with Crippen LogP contribution in [0, 0.1) is 0 Å². The van der Waals surface area contributed by atoms with Gasteiger partial charge in [-0.15, -0.1) is 0 Å². The molecule has 1 saturated carbocycles. The number of aliphatic hydroxyl groups is 1. The van der Waals surface area contributed by atoms with E-state index in [2.05, 4.69) is 47.8 Å². The molecule has 0 amide bonds. The van der Waals surface area contributed by atoms with Gasteiger partial charge in [-0.2, -0.15) is 0 Å². The standard InChI is InChI=1S/C19H25NO/c21-13-4-3-12-20-19-9-5-8-18(19)17-11-10-15-6-1-2-7-16(15)14-17/h1-2,6-7,10-11,14,18-21H,3-5,8-9,12-13H2. The van der Waals surface area contributed by atoms with Gasteiger partial charge in [0.25, 0.3) is 0 Å². The highest BCUT2D eigenvalue weighted by atomic mass is 16.2. The lowest BCUT2D eigenvalue weighted by molar-refractivity contribution is 0.282. The Bertz CT molecular complexity index is 581. The van der Waals surface area contributed by atoms with E-state index in [9.17, 15) is 0 Å². The van der Waals surface area contributed by atoms with E-state index in [1.807, 2.05) is 0 Å². The van der Waals surface area contributed by atoms with Gasteiger partial charge in [-0.05, 0) is 54.5 Å². The van der Waals surface area contributed by atoms with Crippen molar-refractivity contribution in [2.45, 2.75) is 44.1 Å². The van der Waals surface area contributed by atoms with E-state index in [1.165, 1.54) is 35.6 Å². The van der Waals surface area contributed by atoms with Gasteiger partial charge in [0.2, 0.25) is 0 Å². The summed E-state index contributed by atoms with van der Waals surface area (Å²) in [5, 5.41) is 15.2. The van der Waals surface area contributed by atoms with E-state index in [0.717, 1.165) is 19.4 Å². The molecule has 1 fully saturated rings. The minimum absolute atomic E-state index is 0.306. The first kappa shape index (κ1) is 14.6. The number of nitrogens with one attached hydrogen (secondary N) is 1. The Morgan fingerprint density at radius 1 is 1.00 bits per heavy atom. The molecule has 1 aliphatic rings. The van der Waals surface area contributed by atoms with Crippen LogP contribution in [-0.2, 0) is 0 Å². The Morgan fingerprint density at radius 2 is 1.86 bits per heavy atom. The first-order chi connectivity index (χ1) is 10.4. The Kier molecular flexibility index (Phi) is 4.89. The number of hydrogen-bond acceptors (Lipinski definition) is 2. The minimum atomic E-state index is 0.306. The maximum absolute atomic E-state index is 8.86. The second-order valence-corrected chi connectivity index (χ2v) is 6.14. The normalized spacial score (nSPS) is 22.0. The molecular formula is C19H25NO. The molecule has 0 heterocycles. The molecule has 2 unspecified atom stereocenters. The molecule has 0 saturated heterocycles. The molecule has 0 bridgehead atoms. The van der Waals surface area contributed by atoms with Crippen LogP contribution in [0.2, 0.25) is 0 Å². The van der Waals surface area contributed by atoms with Crippen molar-refractivity contribution in [3.8, 4) is 0 Å². The quantitative estimate of drug-likeness (QED) is 0.790. The molecule has 2 atom stereocenters. The predicted octanol–water partition coefficient (Wildman–Crippen LogP) is 3.84. The number of hydrogen-bond donors (Lipinski definition) is 2. The lowest BCUT2D eigenvalue weighted by Gasteiger charge is -2.22. The zero-order chi connectivity index (χ0) is 14.5. The van der Waals surface area contributed by atoms with Crippen LogP contribution < -0.4 is 5.32 Å². The predicted molar refractivity (Wildman–Crippen MR) is 88.7 cm³/mol. The number of rotatable bonds is 6. The molecule has 0 aromatic heterocycles. The van der Waals surface area contributed by atoms with Crippen LogP contribution >= 0.6 is 0 Å². The first-order valence-corrected chi connectivity index (χ1v) is 8.21. The molecule has 0 radical (unpaired) electrons. The smallest absolute Gasteiger partial charge is 0.0431 e. The fourth-order valence-electron chi connectivity index (χ4n) is 3.57. The van der Waals surface area contributed by atoms with Crippen molar-refractivity contribution < 1.29 is 5.11 Å². The van der Waals surface area contributed by atoms with Gasteiger partial charge in [0.15, 0.2) is 0 Å². The van der Waals surface area contributed by atoms with E-state index in [1.54, 1.807) is 0 Å². The minimum Gasteiger partial charge on any atom is -0.396 e. The van der Waals surface area contributed by atoms with Crippen molar-refractivity contribution in [2.24, 2.45) is 0 Å². The van der Waals surface area contributed by atoms with Crippen LogP contribution in [0.3, 0.4) is 0 Å².